The first-order valence-electron chi connectivity index (χ1n) is 7.48. The zero-order valence-corrected chi connectivity index (χ0v) is 13.1. The Balaban J connectivity index is 2.26. The van der Waals surface area contributed by atoms with Crippen molar-refractivity contribution in [1.82, 2.24) is 9.55 Å². The summed E-state index contributed by atoms with van der Waals surface area (Å²) in [5, 5.41) is 0. The van der Waals surface area contributed by atoms with Crippen LogP contribution in [0.5, 0.6) is 5.75 Å². The van der Waals surface area contributed by atoms with E-state index < -0.39 is 0 Å². The molecule has 2 rings (SSSR count). The van der Waals surface area contributed by atoms with Gasteiger partial charge in [-0.2, -0.15) is 0 Å². The molecule has 1 heterocycles. The Kier molecular flexibility index (Phi) is 5.72. The Bertz CT molecular complexity index is 551. The Labute approximate surface area is 125 Å². The highest BCUT2D eigenvalue weighted by atomic mass is 35.5. The fourth-order valence-corrected chi connectivity index (χ4v) is 2.54. The molecule has 0 unspecified atom stereocenters. The first kappa shape index (κ1) is 15.2. The van der Waals surface area contributed by atoms with Gasteiger partial charge in [0.2, 0.25) is 0 Å². The third-order valence-corrected chi connectivity index (χ3v) is 3.62. The summed E-state index contributed by atoms with van der Waals surface area (Å²) in [5.74, 6) is 2.29. The second kappa shape index (κ2) is 7.53. The Morgan fingerprint density at radius 1 is 1.20 bits per heavy atom. The zero-order chi connectivity index (χ0) is 14.4. The van der Waals surface area contributed by atoms with Crippen LogP contribution in [-0.2, 0) is 12.4 Å². The lowest BCUT2D eigenvalue weighted by Gasteiger charge is -2.08. The van der Waals surface area contributed by atoms with E-state index in [1.54, 1.807) is 0 Å². The van der Waals surface area contributed by atoms with Crippen molar-refractivity contribution in [3.63, 3.8) is 0 Å². The molecule has 3 nitrogen and oxygen atoms in total. The molecule has 0 N–H and O–H groups in total. The van der Waals surface area contributed by atoms with Crippen molar-refractivity contribution in [3.05, 3.63) is 24.0 Å². The van der Waals surface area contributed by atoms with E-state index in [2.05, 4.69) is 29.5 Å². The van der Waals surface area contributed by atoms with Crippen molar-refractivity contribution in [2.45, 2.75) is 52.0 Å². The lowest BCUT2D eigenvalue weighted by atomic mass is 10.2. The molecular weight excluding hydrogens is 272 g/mol. The van der Waals surface area contributed by atoms with Crippen molar-refractivity contribution in [2.24, 2.45) is 0 Å². The van der Waals surface area contributed by atoms with Crippen LogP contribution in [0, 0.1) is 0 Å². The number of alkyl halides is 1. The number of rotatable bonds is 8. The van der Waals surface area contributed by atoms with Gasteiger partial charge in [-0.05, 0) is 25.0 Å². The molecule has 1 aromatic heterocycles. The molecule has 0 atom stereocenters. The fourth-order valence-electron chi connectivity index (χ4n) is 2.34. The van der Waals surface area contributed by atoms with Gasteiger partial charge < -0.3 is 9.30 Å². The summed E-state index contributed by atoms with van der Waals surface area (Å²) < 4.78 is 7.90. The van der Waals surface area contributed by atoms with Crippen molar-refractivity contribution in [3.8, 4) is 5.75 Å². The van der Waals surface area contributed by atoms with Gasteiger partial charge in [-0.3, -0.25) is 0 Å². The largest absolute Gasteiger partial charge is 0.494 e. The Morgan fingerprint density at radius 3 is 2.75 bits per heavy atom. The van der Waals surface area contributed by atoms with Crippen LogP contribution in [0.1, 0.15) is 45.4 Å². The third-order valence-electron chi connectivity index (χ3n) is 3.38. The minimum atomic E-state index is 0.450. The molecule has 0 saturated heterocycles. The second-order valence-corrected chi connectivity index (χ2v) is 5.29. The monoisotopic (exact) mass is 294 g/mol. The van der Waals surface area contributed by atoms with Gasteiger partial charge in [-0.15, -0.1) is 11.6 Å². The van der Waals surface area contributed by atoms with E-state index in [1.165, 1.54) is 19.3 Å². The fraction of sp³-hybridized carbons (Fsp3) is 0.562. The highest BCUT2D eigenvalue weighted by Crippen LogP contribution is 2.23. The summed E-state index contributed by atoms with van der Waals surface area (Å²) in [6.07, 6.45) is 4.63. The lowest BCUT2D eigenvalue weighted by Crippen LogP contribution is -2.02. The number of unbranched alkanes of at least 4 members (excludes halogenated alkanes) is 2. The Hall–Kier alpha value is -1.22. The van der Waals surface area contributed by atoms with Gasteiger partial charge in [0.1, 0.15) is 11.6 Å². The van der Waals surface area contributed by atoms with E-state index in [0.29, 0.717) is 5.88 Å². The number of benzene rings is 1. The van der Waals surface area contributed by atoms with Gasteiger partial charge in [0, 0.05) is 12.6 Å². The number of hydrogen-bond acceptors (Lipinski definition) is 2. The maximum atomic E-state index is 6.03. The molecule has 0 radical (unpaired) electrons. The molecule has 1 aromatic carbocycles. The van der Waals surface area contributed by atoms with E-state index in [9.17, 15) is 0 Å². The second-order valence-electron chi connectivity index (χ2n) is 5.02. The highest BCUT2D eigenvalue weighted by molar-refractivity contribution is 6.16. The Morgan fingerprint density at radius 2 is 2.05 bits per heavy atom. The van der Waals surface area contributed by atoms with Crippen LogP contribution in [0.3, 0.4) is 0 Å². The summed E-state index contributed by atoms with van der Waals surface area (Å²) in [4.78, 5) is 4.63. The number of imidazole rings is 1. The van der Waals surface area contributed by atoms with Gasteiger partial charge in [-0.1, -0.05) is 26.7 Å². The SMILES string of the molecule is CCCCCn1c(CCl)nc2cc(OCCC)ccc21. The van der Waals surface area contributed by atoms with Crippen molar-refractivity contribution in [2.75, 3.05) is 6.61 Å². The van der Waals surface area contributed by atoms with Crippen LogP contribution in [0.15, 0.2) is 18.2 Å². The maximum absolute atomic E-state index is 6.03. The molecule has 0 amide bonds. The number of aromatic nitrogens is 2. The van der Waals surface area contributed by atoms with Crippen molar-refractivity contribution in [1.29, 1.82) is 0 Å². The number of hydrogen-bond donors (Lipinski definition) is 0. The minimum Gasteiger partial charge on any atom is -0.494 e. The van der Waals surface area contributed by atoms with Gasteiger partial charge in [-0.25, -0.2) is 4.98 Å². The van der Waals surface area contributed by atoms with E-state index in [-0.39, 0.29) is 0 Å². The van der Waals surface area contributed by atoms with Gasteiger partial charge in [0.25, 0.3) is 0 Å². The first-order valence-corrected chi connectivity index (χ1v) is 8.01. The molecular formula is C16H23ClN2O. The molecule has 0 bridgehead atoms. The average Bonchev–Trinajstić information content (AvgIpc) is 2.82. The number of aryl methyl sites for hydroxylation is 1. The normalized spacial score (nSPS) is 11.2. The van der Waals surface area contributed by atoms with Crippen LogP contribution in [0.25, 0.3) is 11.0 Å². The quantitative estimate of drug-likeness (QED) is 0.519. The van der Waals surface area contributed by atoms with E-state index >= 15 is 0 Å². The summed E-state index contributed by atoms with van der Waals surface area (Å²) in [6, 6.07) is 6.13. The molecule has 0 aliphatic carbocycles. The average molecular weight is 295 g/mol. The third kappa shape index (κ3) is 3.45. The topological polar surface area (TPSA) is 27.1 Å². The van der Waals surface area contributed by atoms with E-state index in [0.717, 1.165) is 42.2 Å². The highest BCUT2D eigenvalue weighted by Gasteiger charge is 2.10. The summed E-state index contributed by atoms with van der Waals surface area (Å²) in [6.45, 7) is 6.05. The van der Waals surface area contributed by atoms with Crippen LogP contribution < -0.4 is 4.74 Å². The van der Waals surface area contributed by atoms with E-state index in [4.69, 9.17) is 16.3 Å². The maximum Gasteiger partial charge on any atom is 0.124 e. The zero-order valence-electron chi connectivity index (χ0n) is 12.4. The van der Waals surface area contributed by atoms with Crippen LogP contribution in [0.2, 0.25) is 0 Å². The van der Waals surface area contributed by atoms with Crippen molar-refractivity contribution < 1.29 is 4.74 Å². The van der Waals surface area contributed by atoms with Gasteiger partial charge in [0.15, 0.2) is 0 Å². The van der Waals surface area contributed by atoms with Crippen LogP contribution >= 0.6 is 11.6 Å². The van der Waals surface area contributed by atoms with E-state index in [1.807, 2.05) is 12.1 Å². The van der Waals surface area contributed by atoms with Crippen molar-refractivity contribution >= 4 is 22.6 Å². The predicted octanol–water partition coefficient (Wildman–Crippen LogP) is 4.75. The summed E-state index contributed by atoms with van der Waals surface area (Å²) >= 11 is 6.03. The number of fused-ring (bicyclic) bond motifs is 1. The lowest BCUT2D eigenvalue weighted by molar-refractivity contribution is 0.318. The summed E-state index contributed by atoms with van der Waals surface area (Å²) in [7, 11) is 0. The predicted molar refractivity (Wildman–Crippen MR) is 84.6 cm³/mol. The molecule has 4 heteroatoms. The number of halogens is 1. The molecule has 0 aliphatic rings. The number of ether oxygens (including phenoxy) is 1. The summed E-state index contributed by atoms with van der Waals surface area (Å²) in [5.41, 5.74) is 2.13. The standard InChI is InChI=1S/C16H23ClN2O/c1-3-5-6-9-19-15-8-7-13(20-10-4-2)11-14(15)18-16(19)12-17/h7-8,11H,3-6,9-10,12H2,1-2H3. The molecule has 2 aromatic rings. The minimum absolute atomic E-state index is 0.450. The first-order chi connectivity index (χ1) is 9.80. The number of nitrogens with zero attached hydrogens (tertiary/aromatic N) is 2. The smallest absolute Gasteiger partial charge is 0.124 e. The van der Waals surface area contributed by atoms with Gasteiger partial charge >= 0.3 is 0 Å². The molecule has 0 aliphatic heterocycles. The van der Waals surface area contributed by atoms with Crippen LogP contribution in [-0.4, -0.2) is 16.2 Å². The molecule has 0 fully saturated rings. The molecule has 0 spiro atoms. The molecule has 0 saturated carbocycles. The van der Waals surface area contributed by atoms with Crippen LogP contribution in [0.4, 0.5) is 0 Å². The molecule has 20 heavy (non-hydrogen) atoms. The van der Waals surface area contributed by atoms with Gasteiger partial charge in [0.05, 0.1) is 23.5 Å². The molecule has 110 valence electrons.